The molecule has 5 unspecified atom stereocenters. The average Bonchev–Trinajstić information content (AvgIpc) is 2.94. The third kappa shape index (κ3) is 7.91. The Morgan fingerprint density at radius 3 is 1.90 bits per heavy atom. The minimum absolute atomic E-state index is 0.101. The van der Waals surface area contributed by atoms with E-state index in [-0.39, 0.29) is 25.0 Å². The molecule has 41 heavy (non-hydrogen) atoms. The van der Waals surface area contributed by atoms with Crippen LogP contribution in [0.15, 0.2) is 18.2 Å². The molecule has 2 aliphatic rings. The summed E-state index contributed by atoms with van der Waals surface area (Å²) in [5, 5.41) is 70.5. The van der Waals surface area contributed by atoms with E-state index >= 15 is 0 Å². The zero-order valence-electron chi connectivity index (χ0n) is 23.5. The highest BCUT2D eigenvalue weighted by atomic mass is 16.8. The topological polar surface area (TPSA) is 214 Å². The Morgan fingerprint density at radius 1 is 0.780 bits per heavy atom. The summed E-state index contributed by atoms with van der Waals surface area (Å²) in [5.74, 6) is 0.641. The molecule has 7 N–H and O–H groups in total. The fraction of sp³-hybridized carbons (Fsp3) is 0.741. The number of benzene rings is 1. The molecular formula is C27H42O14. The largest absolute Gasteiger partial charge is 0.513 e. The van der Waals surface area contributed by atoms with E-state index in [2.05, 4.69) is 0 Å². The van der Waals surface area contributed by atoms with E-state index in [0.717, 1.165) is 11.1 Å². The number of hydrogen-bond acceptors (Lipinski definition) is 14. The normalized spacial score (nSPS) is 34.2. The maximum absolute atomic E-state index is 12.4. The fourth-order valence-electron chi connectivity index (χ4n) is 4.70. The Balaban J connectivity index is 1.54. The molecule has 1 aromatic carbocycles. The van der Waals surface area contributed by atoms with Crippen LogP contribution in [0.2, 0.25) is 0 Å². The van der Waals surface area contributed by atoms with E-state index < -0.39 is 80.8 Å². The number of carbonyl (C=O) groups excluding carboxylic acids is 1. The Morgan fingerprint density at radius 2 is 1.34 bits per heavy atom. The van der Waals surface area contributed by atoms with Gasteiger partial charge in [-0.15, -0.1) is 0 Å². The molecule has 0 bridgehead atoms. The Labute approximate surface area is 237 Å². The van der Waals surface area contributed by atoms with Crippen LogP contribution in [0.5, 0.6) is 5.75 Å². The number of carbonyl (C=O) groups is 1. The molecular weight excluding hydrogens is 548 g/mol. The van der Waals surface area contributed by atoms with Gasteiger partial charge in [0.05, 0.1) is 19.8 Å². The molecule has 0 radical (unpaired) electrons. The smallest absolute Gasteiger partial charge is 0.432 e. The third-order valence-corrected chi connectivity index (χ3v) is 7.05. The number of aliphatic hydroxyl groups excluding tert-OH is 7. The van der Waals surface area contributed by atoms with E-state index in [0.29, 0.717) is 5.75 Å². The molecule has 0 aromatic heterocycles. The standard InChI is InChI=1S/C27H42O14/c1-12(2)14-6-5-7-15(13(3)4)23(14)41-27(35)37-9-8-36-25-22(34)20(32)24(17(11-29)39-25)40-26-21(33)19(31)18(30)16(10-28)38-26/h5-7,12-13,16-22,24-26,28-34H,8-11H2,1-4H3/t16?,17?,18-,19?,20?,21-,22-,24-,25?,26-/m1/s1. The van der Waals surface area contributed by atoms with Crippen molar-refractivity contribution in [2.24, 2.45) is 0 Å². The van der Waals surface area contributed by atoms with Crippen molar-refractivity contribution in [2.45, 2.75) is 101 Å². The van der Waals surface area contributed by atoms with Crippen molar-refractivity contribution in [3.8, 4) is 5.75 Å². The number of ether oxygens (including phenoxy) is 6. The van der Waals surface area contributed by atoms with Crippen LogP contribution in [0, 0.1) is 0 Å². The Bertz CT molecular complexity index is 943. The second-order valence-corrected chi connectivity index (χ2v) is 10.7. The van der Waals surface area contributed by atoms with Crippen LogP contribution in [-0.4, -0.2) is 130 Å². The molecule has 2 fully saturated rings. The van der Waals surface area contributed by atoms with E-state index in [1.54, 1.807) is 0 Å². The third-order valence-electron chi connectivity index (χ3n) is 7.05. The van der Waals surface area contributed by atoms with Crippen LogP contribution in [-0.2, 0) is 23.7 Å². The molecule has 2 aliphatic heterocycles. The van der Waals surface area contributed by atoms with Crippen LogP contribution in [0.25, 0.3) is 0 Å². The van der Waals surface area contributed by atoms with Crippen LogP contribution in [0.4, 0.5) is 4.79 Å². The summed E-state index contributed by atoms with van der Waals surface area (Å²) in [6.45, 7) is 5.98. The van der Waals surface area contributed by atoms with Gasteiger partial charge in [0, 0.05) is 0 Å². The molecule has 0 spiro atoms. The molecule has 2 heterocycles. The average molecular weight is 591 g/mol. The Kier molecular flexibility index (Phi) is 12.3. The summed E-state index contributed by atoms with van der Waals surface area (Å²) in [6, 6.07) is 5.66. The quantitative estimate of drug-likeness (QED) is 0.0944. The highest BCUT2D eigenvalue weighted by Gasteiger charge is 2.50. The van der Waals surface area contributed by atoms with Gasteiger partial charge in [0.2, 0.25) is 0 Å². The summed E-state index contributed by atoms with van der Waals surface area (Å²) in [4.78, 5) is 12.4. The van der Waals surface area contributed by atoms with Crippen LogP contribution in [0.1, 0.15) is 50.7 Å². The lowest BCUT2D eigenvalue weighted by atomic mass is 9.94. The molecule has 234 valence electrons. The zero-order valence-corrected chi connectivity index (χ0v) is 23.5. The fourth-order valence-corrected chi connectivity index (χ4v) is 4.70. The molecule has 3 rings (SSSR count). The molecule has 1 aromatic rings. The number of para-hydroxylation sites is 1. The van der Waals surface area contributed by atoms with Gasteiger partial charge in [0.25, 0.3) is 0 Å². The Hall–Kier alpha value is -1.95. The first-order valence-electron chi connectivity index (χ1n) is 13.6. The van der Waals surface area contributed by atoms with E-state index in [9.17, 15) is 40.5 Å². The summed E-state index contributed by atoms with van der Waals surface area (Å²) >= 11 is 0. The monoisotopic (exact) mass is 590 g/mol. The lowest BCUT2D eigenvalue weighted by Crippen LogP contribution is -2.64. The summed E-state index contributed by atoms with van der Waals surface area (Å²) in [6.07, 6.45) is -16.6. The predicted molar refractivity (Wildman–Crippen MR) is 139 cm³/mol. The van der Waals surface area contributed by atoms with Gasteiger partial charge >= 0.3 is 6.16 Å². The van der Waals surface area contributed by atoms with Crippen molar-refractivity contribution in [3.05, 3.63) is 29.3 Å². The number of aliphatic hydroxyl groups is 7. The van der Waals surface area contributed by atoms with Crippen molar-refractivity contribution in [3.63, 3.8) is 0 Å². The maximum atomic E-state index is 12.4. The van der Waals surface area contributed by atoms with Crippen molar-refractivity contribution >= 4 is 6.16 Å². The highest BCUT2D eigenvalue weighted by molar-refractivity contribution is 5.66. The zero-order chi connectivity index (χ0) is 30.4. The first kappa shape index (κ1) is 33.6. The highest BCUT2D eigenvalue weighted by Crippen LogP contribution is 2.35. The van der Waals surface area contributed by atoms with Gasteiger partial charge in [-0.05, 0) is 23.0 Å². The lowest BCUT2D eigenvalue weighted by Gasteiger charge is -2.45. The van der Waals surface area contributed by atoms with Crippen molar-refractivity contribution < 1.29 is 69.0 Å². The summed E-state index contributed by atoms with van der Waals surface area (Å²) < 4.78 is 32.4. The first-order chi connectivity index (χ1) is 19.4. The minimum Gasteiger partial charge on any atom is -0.432 e. The van der Waals surface area contributed by atoms with Gasteiger partial charge < -0.3 is 64.2 Å². The van der Waals surface area contributed by atoms with Crippen LogP contribution < -0.4 is 4.74 Å². The van der Waals surface area contributed by atoms with Gasteiger partial charge in [-0.1, -0.05) is 45.9 Å². The van der Waals surface area contributed by atoms with Gasteiger partial charge in [-0.3, -0.25) is 0 Å². The number of hydrogen-bond donors (Lipinski definition) is 7. The number of rotatable bonds is 11. The first-order valence-corrected chi connectivity index (χ1v) is 13.6. The van der Waals surface area contributed by atoms with E-state index in [1.165, 1.54) is 0 Å². The molecule has 14 nitrogen and oxygen atoms in total. The van der Waals surface area contributed by atoms with Gasteiger partial charge in [-0.25, -0.2) is 4.79 Å². The molecule has 0 amide bonds. The van der Waals surface area contributed by atoms with Crippen molar-refractivity contribution in [1.29, 1.82) is 0 Å². The lowest BCUT2D eigenvalue weighted by molar-refractivity contribution is -0.359. The van der Waals surface area contributed by atoms with Crippen LogP contribution >= 0.6 is 0 Å². The SMILES string of the molecule is CC(C)c1cccc(C(C)C)c1OC(=O)OCCOC1OC(CO)[C@@H](O[C@H]2OC(CO)[C@@H](O)C(O)[C@H]2O)C(O)[C@H]1O. The summed E-state index contributed by atoms with van der Waals surface area (Å²) in [7, 11) is 0. The second kappa shape index (κ2) is 15.0. The van der Waals surface area contributed by atoms with E-state index in [4.69, 9.17) is 28.4 Å². The predicted octanol–water partition coefficient (Wildman–Crippen LogP) is -0.910. The van der Waals surface area contributed by atoms with Crippen molar-refractivity contribution in [2.75, 3.05) is 26.4 Å². The summed E-state index contributed by atoms with van der Waals surface area (Å²) in [5.41, 5.74) is 1.71. The van der Waals surface area contributed by atoms with Crippen LogP contribution in [0.3, 0.4) is 0 Å². The van der Waals surface area contributed by atoms with E-state index in [1.807, 2.05) is 45.9 Å². The van der Waals surface area contributed by atoms with Gasteiger partial charge in [0.1, 0.15) is 61.2 Å². The molecule has 14 heteroatoms. The van der Waals surface area contributed by atoms with Gasteiger partial charge in [-0.2, -0.15) is 0 Å². The van der Waals surface area contributed by atoms with Gasteiger partial charge in [0.15, 0.2) is 12.6 Å². The molecule has 10 atom stereocenters. The molecule has 2 saturated heterocycles. The molecule has 0 aliphatic carbocycles. The second-order valence-electron chi connectivity index (χ2n) is 10.7. The van der Waals surface area contributed by atoms with Crippen molar-refractivity contribution in [1.82, 2.24) is 0 Å². The maximum Gasteiger partial charge on any atom is 0.513 e. The minimum atomic E-state index is -1.77. The molecule has 0 saturated carbocycles.